The van der Waals surface area contributed by atoms with Crippen LogP contribution < -0.4 is 5.32 Å². The zero-order valence-corrected chi connectivity index (χ0v) is 14.9. The Hall–Kier alpha value is -2.80. The van der Waals surface area contributed by atoms with Gasteiger partial charge in [-0.25, -0.2) is 4.79 Å². The third-order valence-corrected chi connectivity index (χ3v) is 3.88. The summed E-state index contributed by atoms with van der Waals surface area (Å²) in [6.07, 6.45) is -1.82. The molecular formula is C19H15ClF3NO3. The van der Waals surface area contributed by atoms with Crippen LogP contribution in [0.1, 0.15) is 40.4 Å². The molecule has 0 saturated heterocycles. The Labute approximate surface area is 158 Å². The third-order valence-electron chi connectivity index (χ3n) is 3.65. The standard InChI is InChI=1S/C19H15ClF3NO3/c1-2-17(25)24-16-8-4-11(9-14(16)18(26)27)3-5-12-6-7-13(20)10-15(12)19(21,22)23/h3-10H,2H2,1H3,(H,24,25)(H,26,27)/b5-3+. The highest BCUT2D eigenvalue weighted by atomic mass is 35.5. The van der Waals surface area contributed by atoms with E-state index in [2.05, 4.69) is 5.32 Å². The molecular weight excluding hydrogens is 383 g/mol. The molecule has 0 aliphatic heterocycles. The van der Waals surface area contributed by atoms with Gasteiger partial charge in [0, 0.05) is 11.4 Å². The summed E-state index contributed by atoms with van der Waals surface area (Å²) in [4.78, 5) is 22.9. The second kappa shape index (κ2) is 8.26. The second-order valence-electron chi connectivity index (χ2n) is 5.57. The van der Waals surface area contributed by atoms with E-state index in [0.29, 0.717) is 5.56 Å². The van der Waals surface area contributed by atoms with E-state index in [4.69, 9.17) is 11.6 Å². The highest BCUT2D eigenvalue weighted by molar-refractivity contribution is 6.30. The number of hydrogen-bond acceptors (Lipinski definition) is 2. The maximum atomic E-state index is 13.1. The van der Waals surface area contributed by atoms with E-state index in [1.165, 1.54) is 42.5 Å². The predicted octanol–water partition coefficient (Wildman–Crippen LogP) is 5.58. The van der Waals surface area contributed by atoms with Gasteiger partial charge in [0.2, 0.25) is 5.91 Å². The molecule has 1 amide bonds. The topological polar surface area (TPSA) is 66.4 Å². The third kappa shape index (κ3) is 5.34. The molecule has 0 fully saturated rings. The van der Waals surface area contributed by atoms with Gasteiger partial charge in [-0.1, -0.05) is 42.8 Å². The number of carboxylic acid groups (broad SMARTS) is 1. The number of benzene rings is 2. The molecule has 2 aromatic rings. The fraction of sp³-hybridized carbons (Fsp3) is 0.158. The van der Waals surface area contributed by atoms with Crippen LogP contribution in [-0.2, 0) is 11.0 Å². The van der Waals surface area contributed by atoms with Crippen LogP contribution in [0.5, 0.6) is 0 Å². The number of carboxylic acids is 1. The van der Waals surface area contributed by atoms with Crippen molar-refractivity contribution in [3.05, 3.63) is 63.7 Å². The normalized spacial score (nSPS) is 11.6. The number of amides is 1. The maximum Gasteiger partial charge on any atom is 0.417 e. The van der Waals surface area contributed by atoms with Crippen LogP contribution in [0.2, 0.25) is 5.02 Å². The SMILES string of the molecule is CCC(=O)Nc1ccc(/C=C/c2ccc(Cl)cc2C(F)(F)F)cc1C(=O)O. The largest absolute Gasteiger partial charge is 0.478 e. The van der Waals surface area contributed by atoms with E-state index in [9.17, 15) is 27.9 Å². The van der Waals surface area contributed by atoms with Crippen molar-refractivity contribution in [1.29, 1.82) is 0 Å². The molecule has 0 heterocycles. The van der Waals surface area contributed by atoms with Gasteiger partial charge < -0.3 is 10.4 Å². The number of carbonyl (C=O) groups excluding carboxylic acids is 1. The van der Waals surface area contributed by atoms with Crippen LogP contribution in [0.25, 0.3) is 12.2 Å². The van der Waals surface area contributed by atoms with Crippen LogP contribution in [-0.4, -0.2) is 17.0 Å². The maximum absolute atomic E-state index is 13.1. The van der Waals surface area contributed by atoms with Gasteiger partial charge in [0.15, 0.2) is 0 Å². The Morgan fingerprint density at radius 2 is 1.85 bits per heavy atom. The zero-order chi connectivity index (χ0) is 20.2. The zero-order valence-electron chi connectivity index (χ0n) is 14.1. The molecule has 2 aromatic carbocycles. The highest BCUT2D eigenvalue weighted by Gasteiger charge is 2.32. The Kier molecular flexibility index (Phi) is 6.28. The minimum absolute atomic E-state index is 0.0383. The fourth-order valence-corrected chi connectivity index (χ4v) is 2.47. The van der Waals surface area contributed by atoms with Crippen molar-refractivity contribution < 1.29 is 27.9 Å². The van der Waals surface area contributed by atoms with Gasteiger partial charge in [-0.15, -0.1) is 0 Å². The van der Waals surface area contributed by atoms with Gasteiger partial charge in [-0.2, -0.15) is 13.2 Å². The van der Waals surface area contributed by atoms with Crippen molar-refractivity contribution in [3.63, 3.8) is 0 Å². The van der Waals surface area contributed by atoms with Gasteiger partial charge in [0.1, 0.15) is 0 Å². The molecule has 0 aliphatic rings. The summed E-state index contributed by atoms with van der Waals surface area (Å²) in [6.45, 7) is 1.62. The smallest absolute Gasteiger partial charge is 0.417 e. The van der Waals surface area contributed by atoms with Crippen LogP contribution >= 0.6 is 11.6 Å². The monoisotopic (exact) mass is 397 g/mol. The molecule has 0 aliphatic carbocycles. The molecule has 0 aromatic heterocycles. The average molecular weight is 398 g/mol. The lowest BCUT2D eigenvalue weighted by molar-refractivity contribution is -0.137. The molecule has 2 N–H and O–H groups in total. The predicted molar refractivity (Wildman–Crippen MR) is 97.7 cm³/mol. The van der Waals surface area contributed by atoms with Crippen molar-refractivity contribution in [2.24, 2.45) is 0 Å². The summed E-state index contributed by atoms with van der Waals surface area (Å²) in [7, 11) is 0. The summed E-state index contributed by atoms with van der Waals surface area (Å²) >= 11 is 5.64. The number of anilines is 1. The molecule has 0 radical (unpaired) electrons. The van der Waals surface area contributed by atoms with Crippen molar-refractivity contribution >= 4 is 41.3 Å². The van der Waals surface area contributed by atoms with E-state index in [1.54, 1.807) is 6.92 Å². The molecule has 8 heteroatoms. The Bertz CT molecular complexity index is 908. The number of carbonyl (C=O) groups is 2. The van der Waals surface area contributed by atoms with E-state index in [0.717, 1.165) is 6.07 Å². The lowest BCUT2D eigenvalue weighted by atomic mass is 10.0. The molecule has 4 nitrogen and oxygen atoms in total. The van der Waals surface area contributed by atoms with Gasteiger partial charge in [-0.3, -0.25) is 4.79 Å². The number of halogens is 4. The number of aromatic carboxylic acids is 1. The van der Waals surface area contributed by atoms with Crippen molar-refractivity contribution in [2.75, 3.05) is 5.32 Å². The quantitative estimate of drug-likeness (QED) is 0.647. The number of rotatable bonds is 5. The van der Waals surface area contributed by atoms with Gasteiger partial charge >= 0.3 is 12.1 Å². The van der Waals surface area contributed by atoms with E-state index in [1.807, 2.05) is 0 Å². The molecule has 0 unspecified atom stereocenters. The lowest BCUT2D eigenvalue weighted by Crippen LogP contribution is -2.13. The van der Waals surface area contributed by atoms with Crippen LogP contribution in [0, 0.1) is 0 Å². The lowest BCUT2D eigenvalue weighted by Gasteiger charge is -2.11. The Morgan fingerprint density at radius 3 is 2.44 bits per heavy atom. The van der Waals surface area contributed by atoms with Crippen molar-refractivity contribution in [3.8, 4) is 0 Å². The van der Waals surface area contributed by atoms with E-state index < -0.39 is 17.7 Å². The second-order valence-corrected chi connectivity index (χ2v) is 6.01. The molecule has 0 atom stereocenters. The van der Waals surface area contributed by atoms with Crippen LogP contribution in [0.4, 0.5) is 18.9 Å². The average Bonchev–Trinajstić information content (AvgIpc) is 2.60. The highest BCUT2D eigenvalue weighted by Crippen LogP contribution is 2.34. The minimum Gasteiger partial charge on any atom is -0.478 e. The van der Waals surface area contributed by atoms with Crippen LogP contribution in [0.3, 0.4) is 0 Å². The van der Waals surface area contributed by atoms with Gasteiger partial charge in [0.05, 0.1) is 16.8 Å². The first-order chi connectivity index (χ1) is 12.6. The summed E-state index contributed by atoms with van der Waals surface area (Å²) < 4.78 is 39.4. The Morgan fingerprint density at radius 1 is 1.15 bits per heavy atom. The molecule has 142 valence electrons. The minimum atomic E-state index is -4.58. The first kappa shape index (κ1) is 20.5. The Balaban J connectivity index is 2.39. The van der Waals surface area contributed by atoms with Crippen LogP contribution in [0.15, 0.2) is 36.4 Å². The molecule has 27 heavy (non-hydrogen) atoms. The molecule has 0 spiro atoms. The fourth-order valence-electron chi connectivity index (χ4n) is 2.30. The number of nitrogens with one attached hydrogen (secondary N) is 1. The van der Waals surface area contributed by atoms with Gasteiger partial charge in [0.25, 0.3) is 0 Å². The van der Waals surface area contributed by atoms with Gasteiger partial charge in [-0.05, 0) is 35.4 Å². The summed E-state index contributed by atoms with van der Waals surface area (Å²) in [6, 6.07) is 7.55. The number of hydrogen-bond donors (Lipinski definition) is 2. The van der Waals surface area contributed by atoms with E-state index in [-0.39, 0.29) is 34.2 Å². The number of alkyl halides is 3. The first-order valence-electron chi connectivity index (χ1n) is 7.84. The first-order valence-corrected chi connectivity index (χ1v) is 8.21. The van der Waals surface area contributed by atoms with E-state index >= 15 is 0 Å². The molecule has 2 rings (SSSR count). The molecule has 0 bridgehead atoms. The molecule has 0 saturated carbocycles. The summed E-state index contributed by atoms with van der Waals surface area (Å²) in [5.74, 6) is -1.61. The summed E-state index contributed by atoms with van der Waals surface area (Å²) in [5.41, 5.74) is -0.672. The van der Waals surface area contributed by atoms with Crippen molar-refractivity contribution in [2.45, 2.75) is 19.5 Å². The summed E-state index contributed by atoms with van der Waals surface area (Å²) in [5, 5.41) is 11.7. The van der Waals surface area contributed by atoms with Crippen molar-refractivity contribution in [1.82, 2.24) is 0 Å².